The first-order valence-corrected chi connectivity index (χ1v) is 19.3. The molecule has 0 aromatic heterocycles. The van der Waals surface area contributed by atoms with Crippen molar-refractivity contribution in [2.75, 3.05) is 13.2 Å². The van der Waals surface area contributed by atoms with Crippen LogP contribution in [0.2, 0.25) is 0 Å². The first-order valence-electron chi connectivity index (χ1n) is 18.0. The van der Waals surface area contributed by atoms with Gasteiger partial charge in [-0.3, -0.25) is 4.55 Å². The maximum absolute atomic E-state index is 12.7. The summed E-state index contributed by atoms with van der Waals surface area (Å²) < 4.78 is 50.7. The van der Waals surface area contributed by atoms with Crippen LogP contribution in [0, 0.1) is 52.3 Å². The normalized spacial score (nSPS) is 49.8. The number of fused-ring (bicyclic) bond motifs is 5. The molecule has 48 heavy (non-hydrogen) atoms. The summed E-state index contributed by atoms with van der Waals surface area (Å²) in [5.41, 5.74) is -2.85. The molecule has 4 aliphatic carbocycles. The summed E-state index contributed by atoms with van der Waals surface area (Å²) in [7, 11) is -5.00. The Bertz CT molecular complexity index is 1220. The van der Waals surface area contributed by atoms with Crippen LogP contribution >= 0.6 is 0 Å². The van der Waals surface area contributed by atoms with Crippen LogP contribution in [0.25, 0.3) is 0 Å². The molecule has 4 saturated carbocycles. The summed E-state index contributed by atoms with van der Waals surface area (Å²) in [6, 6.07) is 0. The predicted molar refractivity (Wildman–Crippen MR) is 172 cm³/mol. The second kappa shape index (κ2) is 14.1. The van der Waals surface area contributed by atoms with Crippen LogP contribution in [-0.2, 0) is 24.1 Å². The van der Waals surface area contributed by atoms with Gasteiger partial charge in [0, 0.05) is 12.3 Å². The third-order valence-electron chi connectivity index (χ3n) is 13.9. The molecule has 18 atom stereocenters. The van der Waals surface area contributed by atoms with E-state index in [1.165, 1.54) is 0 Å². The molecule has 1 heterocycles. The van der Waals surface area contributed by atoms with Gasteiger partial charge in [0.2, 0.25) is 0 Å². The highest BCUT2D eigenvalue weighted by molar-refractivity contribution is 7.80. The molecule has 0 aromatic rings. The van der Waals surface area contributed by atoms with Crippen LogP contribution < -0.4 is 0 Å². The number of aliphatic hydroxyl groups excluding tert-OH is 6. The quantitative estimate of drug-likeness (QED) is 0.142. The van der Waals surface area contributed by atoms with Crippen LogP contribution in [0.1, 0.15) is 92.4 Å². The number of rotatable bonds is 11. The fraction of sp³-hybridized carbons (Fsp3) is 1.00. The van der Waals surface area contributed by atoms with Crippen molar-refractivity contribution in [2.24, 2.45) is 52.3 Å². The lowest BCUT2D eigenvalue weighted by Gasteiger charge is -2.66. The van der Waals surface area contributed by atoms with Gasteiger partial charge in [-0.1, -0.05) is 47.5 Å². The average molecular weight is 709 g/mol. The van der Waals surface area contributed by atoms with Crippen LogP contribution in [0.4, 0.5) is 0 Å². The number of hydrogen-bond donors (Lipinski definition) is 8. The van der Waals surface area contributed by atoms with Gasteiger partial charge in [-0.15, -0.1) is 0 Å². The molecule has 0 amide bonds. The van der Waals surface area contributed by atoms with E-state index in [-0.39, 0.29) is 49.2 Å². The Hall–Kier alpha value is -0.490. The number of hydrogen-bond acceptors (Lipinski definition) is 12. The first-order chi connectivity index (χ1) is 22.3. The summed E-state index contributed by atoms with van der Waals surface area (Å²) in [5, 5.41) is 76.5. The monoisotopic (exact) mass is 708 g/mol. The minimum absolute atomic E-state index is 0.0329. The summed E-state index contributed by atoms with van der Waals surface area (Å²) >= 11 is 0. The van der Waals surface area contributed by atoms with Crippen LogP contribution in [-0.4, -0.2) is 117 Å². The molecule has 8 N–H and O–H groups in total. The minimum Gasteiger partial charge on any atom is -0.393 e. The van der Waals surface area contributed by atoms with Crippen molar-refractivity contribution in [1.29, 1.82) is 0 Å². The summed E-state index contributed by atoms with van der Waals surface area (Å²) in [6.07, 6.45) is -4.14. The highest BCUT2D eigenvalue weighted by Crippen LogP contribution is 2.70. The summed E-state index contributed by atoms with van der Waals surface area (Å²) in [6.45, 7) is 10.3. The third-order valence-corrected chi connectivity index (χ3v) is 14.4. The Labute approximate surface area is 284 Å². The molecule has 5 rings (SSSR count). The highest BCUT2D eigenvalue weighted by atomic mass is 32.3. The molecule has 1 aliphatic heterocycles. The zero-order valence-electron chi connectivity index (χ0n) is 29.0. The van der Waals surface area contributed by atoms with Gasteiger partial charge in [0.25, 0.3) is 0 Å². The fourth-order valence-corrected chi connectivity index (χ4v) is 12.1. The Kier molecular flexibility index (Phi) is 11.4. The SMILES string of the molecule is CC[C@H](CC[C@@H](C)[C@H]1[C@@H](O)[C@H](OS(=O)(=O)O)[C@@H]2[C@]1(C)CC[C@@H]1[C@@]3(C)CC[C@H](O)C[C@@H]3[C@H](O)C[C@]12O)[C@H](C)CO[C@H]1OC[C@H](O)[C@@H](O)[C@@H]1O. The molecule has 1 saturated heterocycles. The maximum atomic E-state index is 12.7. The molecule has 280 valence electrons. The Morgan fingerprint density at radius 1 is 0.917 bits per heavy atom. The standard InChI is InChI=1S/C34H60O13S/c1-6-19(18(3)15-45-31-28(40)26(38)23(37)16-46-31)8-7-17(2)25-27(39)29(47-48(42,43)44)30-33(25,5)12-10-24-32(4)11-9-20(35)13-21(32)22(36)14-34(24,30)41/h17-31,35-41H,6-16H2,1-5H3,(H,42,43,44)/t17-,18-,19-,20+,21-,22-,23+,24-,25+,26-,27-,28+,29+,30-,31+,32+,33-,34+/m1/s1. The van der Waals surface area contributed by atoms with Gasteiger partial charge in [0.05, 0.1) is 37.1 Å². The zero-order chi connectivity index (χ0) is 35.6. The molecule has 5 aliphatic rings. The lowest BCUT2D eigenvalue weighted by atomic mass is 9.42. The van der Waals surface area contributed by atoms with Gasteiger partial charge >= 0.3 is 10.4 Å². The average Bonchev–Trinajstić information content (AvgIpc) is 3.21. The third kappa shape index (κ3) is 6.88. The van der Waals surface area contributed by atoms with Crippen molar-refractivity contribution in [1.82, 2.24) is 0 Å². The van der Waals surface area contributed by atoms with Crippen molar-refractivity contribution >= 4 is 10.4 Å². The second-order valence-corrected chi connectivity index (χ2v) is 17.7. The van der Waals surface area contributed by atoms with Gasteiger partial charge < -0.3 is 45.2 Å². The lowest BCUT2D eigenvalue weighted by molar-refractivity contribution is -0.273. The van der Waals surface area contributed by atoms with Gasteiger partial charge in [-0.05, 0) is 84.9 Å². The Balaban J connectivity index is 1.34. The van der Waals surface area contributed by atoms with E-state index in [9.17, 15) is 48.7 Å². The molecular formula is C34H60O13S. The lowest BCUT2D eigenvalue weighted by Crippen LogP contribution is -2.69. The minimum atomic E-state index is -5.00. The van der Waals surface area contributed by atoms with Crippen LogP contribution in [0.15, 0.2) is 0 Å². The van der Waals surface area contributed by atoms with Gasteiger partial charge in [-0.25, -0.2) is 4.18 Å². The largest absolute Gasteiger partial charge is 0.397 e. The molecule has 5 fully saturated rings. The van der Waals surface area contributed by atoms with E-state index in [1.807, 2.05) is 20.8 Å². The predicted octanol–water partition coefficient (Wildman–Crippen LogP) is 1.39. The van der Waals surface area contributed by atoms with Crippen molar-refractivity contribution in [3.8, 4) is 0 Å². The fourth-order valence-electron chi connectivity index (χ4n) is 11.6. The molecule has 13 nitrogen and oxygen atoms in total. The van der Waals surface area contributed by atoms with E-state index in [0.29, 0.717) is 38.5 Å². The van der Waals surface area contributed by atoms with E-state index < -0.39 is 87.7 Å². The van der Waals surface area contributed by atoms with E-state index in [0.717, 1.165) is 12.8 Å². The van der Waals surface area contributed by atoms with Gasteiger partial charge in [0.1, 0.15) is 24.4 Å². The molecule has 0 radical (unpaired) electrons. The van der Waals surface area contributed by atoms with Crippen molar-refractivity contribution in [2.45, 2.75) is 147 Å². The highest BCUT2D eigenvalue weighted by Gasteiger charge is 2.73. The second-order valence-electron chi connectivity index (χ2n) is 16.7. The van der Waals surface area contributed by atoms with Crippen molar-refractivity contribution < 1.29 is 62.4 Å². The topological polar surface area (TPSA) is 224 Å². The summed E-state index contributed by atoms with van der Waals surface area (Å²) in [5.74, 6) is -1.81. The molecule has 0 spiro atoms. The Morgan fingerprint density at radius 2 is 1.58 bits per heavy atom. The van der Waals surface area contributed by atoms with Crippen LogP contribution in [0.3, 0.4) is 0 Å². The van der Waals surface area contributed by atoms with E-state index in [2.05, 4.69) is 13.8 Å². The number of aliphatic hydroxyl groups is 7. The van der Waals surface area contributed by atoms with Gasteiger partial charge in [0.15, 0.2) is 6.29 Å². The Morgan fingerprint density at radius 3 is 2.23 bits per heavy atom. The zero-order valence-corrected chi connectivity index (χ0v) is 29.8. The van der Waals surface area contributed by atoms with Gasteiger partial charge in [-0.2, -0.15) is 8.42 Å². The molecular weight excluding hydrogens is 648 g/mol. The molecule has 0 unspecified atom stereocenters. The van der Waals surface area contributed by atoms with E-state index >= 15 is 0 Å². The van der Waals surface area contributed by atoms with Crippen molar-refractivity contribution in [3.05, 3.63) is 0 Å². The van der Waals surface area contributed by atoms with Crippen LogP contribution in [0.5, 0.6) is 0 Å². The maximum Gasteiger partial charge on any atom is 0.397 e. The smallest absolute Gasteiger partial charge is 0.393 e. The summed E-state index contributed by atoms with van der Waals surface area (Å²) in [4.78, 5) is 0. The van der Waals surface area contributed by atoms with E-state index in [1.54, 1.807) is 0 Å². The van der Waals surface area contributed by atoms with E-state index in [4.69, 9.17) is 13.7 Å². The molecule has 0 bridgehead atoms. The van der Waals surface area contributed by atoms with Crippen molar-refractivity contribution in [3.63, 3.8) is 0 Å². The first kappa shape index (κ1) is 38.7. The molecule has 0 aromatic carbocycles. The molecule has 14 heteroatoms. The number of ether oxygens (including phenoxy) is 2.